The summed E-state index contributed by atoms with van der Waals surface area (Å²) in [6, 6.07) is 1.82. The molecule has 4 heterocycles. The fraction of sp³-hybridized carbons (Fsp3) is 0.688. The third-order valence-electron chi connectivity index (χ3n) is 5.12. The third-order valence-corrected chi connectivity index (χ3v) is 5.12. The number of rotatable bonds is 2. The lowest BCUT2D eigenvalue weighted by Crippen LogP contribution is -2.51. The van der Waals surface area contributed by atoms with Crippen LogP contribution in [0.5, 0.6) is 0 Å². The second-order valence-electron chi connectivity index (χ2n) is 6.72. The number of fused-ring (bicyclic) bond motifs is 2. The highest BCUT2D eigenvalue weighted by Crippen LogP contribution is 2.34. The number of hydrogen-bond acceptors (Lipinski definition) is 6. The molecule has 3 atom stereocenters. The summed E-state index contributed by atoms with van der Waals surface area (Å²) in [4.78, 5) is 27.9. The maximum Gasteiger partial charge on any atom is 0.228 e. The third kappa shape index (κ3) is 2.90. The van der Waals surface area contributed by atoms with Gasteiger partial charge in [-0.05, 0) is 19.5 Å². The molecular formula is C16H23N5O2. The first-order valence-electron chi connectivity index (χ1n) is 8.35. The highest BCUT2D eigenvalue weighted by Gasteiger charge is 2.46. The molecule has 3 saturated heterocycles. The normalized spacial score (nSPS) is 31.4. The van der Waals surface area contributed by atoms with Gasteiger partial charge in [-0.2, -0.15) is 0 Å². The van der Waals surface area contributed by atoms with Crippen LogP contribution in [-0.4, -0.2) is 84.2 Å². The lowest BCUT2D eigenvalue weighted by Gasteiger charge is -2.36. The Morgan fingerprint density at radius 1 is 1.17 bits per heavy atom. The van der Waals surface area contributed by atoms with Gasteiger partial charge in [-0.15, -0.1) is 0 Å². The molecule has 0 saturated carbocycles. The van der Waals surface area contributed by atoms with E-state index in [4.69, 9.17) is 4.74 Å². The zero-order valence-electron chi connectivity index (χ0n) is 13.5. The Kier molecular flexibility index (Phi) is 3.90. The van der Waals surface area contributed by atoms with E-state index >= 15 is 0 Å². The summed E-state index contributed by atoms with van der Waals surface area (Å²) in [5.41, 5.74) is 0. The van der Waals surface area contributed by atoms with Gasteiger partial charge in [-0.1, -0.05) is 0 Å². The van der Waals surface area contributed by atoms with Crippen molar-refractivity contribution in [1.29, 1.82) is 0 Å². The van der Waals surface area contributed by atoms with Crippen molar-refractivity contribution in [2.45, 2.75) is 18.6 Å². The Morgan fingerprint density at radius 2 is 1.91 bits per heavy atom. The van der Waals surface area contributed by atoms with E-state index in [1.807, 2.05) is 11.0 Å². The van der Waals surface area contributed by atoms with Crippen LogP contribution in [0.1, 0.15) is 6.42 Å². The molecule has 0 aliphatic carbocycles. The van der Waals surface area contributed by atoms with Gasteiger partial charge >= 0.3 is 0 Å². The van der Waals surface area contributed by atoms with Gasteiger partial charge in [0.05, 0.1) is 18.1 Å². The van der Waals surface area contributed by atoms with Crippen molar-refractivity contribution in [2.75, 3.05) is 51.2 Å². The predicted molar refractivity (Wildman–Crippen MR) is 85.1 cm³/mol. The minimum absolute atomic E-state index is 0.0166. The van der Waals surface area contributed by atoms with Crippen molar-refractivity contribution >= 4 is 11.9 Å². The fourth-order valence-corrected chi connectivity index (χ4v) is 3.80. The Morgan fingerprint density at radius 3 is 2.65 bits per heavy atom. The summed E-state index contributed by atoms with van der Waals surface area (Å²) in [7, 11) is 2.10. The molecule has 1 amide bonds. The van der Waals surface area contributed by atoms with Gasteiger partial charge in [0.2, 0.25) is 11.9 Å². The van der Waals surface area contributed by atoms with Crippen LogP contribution < -0.4 is 4.90 Å². The van der Waals surface area contributed by atoms with Gasteiger partial charge in [0.1, 0.15) is 0 Å². The molecule has 124 valence electrons. The Balaban J connectivity index is 1.43. The first-order chi connectivity index (χ1) is 11.2. The smallest absolute Gasteiger partial charge is 0.228 e. The average Bonchev–Trinajstić information content (AvgIpc) is 2.89. The maximum absolute atomic E-state index is 12.9. The van der Waals surface area contributed by atoms with E-state index in [-0.39, 0.29) is 24.0 Å². The predicted octanol–water partition coefficient (Wildman–Crippen LogP) is -0.156. The summed E-state index contributed by atoms with van der Waals surface area (Å²) < 4.78 is 6.04. The van der Waals surface area contributed by atoms with Crippen LogP contribution in [0.25, 0.3) is 0 Å². The molecule has 2 bridgehead atoms. The van der Waals surface area contributed by atoms with Gasteiger partial charge in [-0.25, -0.2) is 9.97 Å². The standard InChI is InChI=1S/C16H23N5O2/c1-19-5-7-20(8-6-19)15(22)13-9-12-10-21(11-14(13)23-12)16-17-3-2-4-18-16/h2-4,12-14H,5-11H2,1H3/t12-,13+,14+/m0/s1. The quantitative estimate of drug-likeness (QED) is 0.756. The zero-order chi connectivity index (χ0) is 15.8. The number of piperazine rings is 1. The van der Waals surface area contributed by atoms with Crippen molar-refractivity contribution in [1.82, 2.24) is 19.8 Å². The topological polar surface area (TPSA) is 61.8 Å². The molecule has 7 heteroatoms. The highest BCUT2D eigenvalue weighted by molar-refractivity contribution is 5.80. The van der Waals surface area contributed by atoms with Crippen molar-refractivity contribution in [3.63, 3.8) is 0 Å². The monoisotopic (exact) mass is 317 g/mol. The van der Waals surface area contributed by atoms with E-state index in [0.29, 0.717) is 6.54 Å². The number of carbonyl (C=O) groups excluding carboxylic acids is 1. The number of ether oxygens (including phenoxy) is 1. The SMILES string of the molecule is CN1CCN(C(=O)[C@@H]2C[C@H]3CN(c4ncccn4)C[C@H]2O3)CC1. The summed E-state index contributed by atoms with van der Waals surface area (Å²) >= 11 is 0. The minimum Gasteiger partial charge on any atom is -0.370 e. The van der Waals surface area contributed by atoms with E-state index in [1.54, 1.807) is 12.4 Å². The van der Waals surface area contributed by atoms with Crippen molar-refractivity contribution in [3.8, 4) is 0 Å². The van der Waals surface area contributed by atoms with Crippen molar-refractivity contribution in [3.05, 3.63) is 18.5 Å². The number of likely N-dealkylation sites (N-methyl/N-ethyl adjacent to an activating group) is 1. The molecule has 3 fully saturated rings. The van der Waals surface area contributed by atoms with Crippen LogP contribution in [0.15, 0.2) is 18.5 Å². The number of amides is 1. The van der Waals surface area contributed by atoms with E-state index in [2.05, 4.69) is 26.8 Å². The molecule has 1 aromatic heterocycles. The number of nitrogens with zero attached hydrogens (tertiary/aromatic N) is 5. The second kappa shape index (κ2) is 6.05. The van der Waals surface area contributed by atoms with Gasteiger partial charge < -0.3 is 19.4 Å². The Labute approximate surface area is 136 Å². The zero-order valence-corrected chi connectivity index (χ0v) is 13.5. The summed E-state index contributed by atoms with van der Waals surface area (Å²) in [5.74, 6) is 0.983. The lowest BCUT2D eigenvalue weighted by atomic mass is 9.98. The molecule has 4 rings (SSSR count). The average molecular weight is 317 g/mol. The Bertz CT molecular complexity index is 561. The van der Waals surface area contributed by atoms with E-state index in [0.717, 1.165) is 45.1 Å². The number of anilines is 1. The molecule has 7 nitrogen and oxygen atoms in total. The second-order valence-corrected chi connectivity index (χ2v) is 6.72. The first kappa shape index (κ1) is 14.8. The largest absolute Gasteiger partial charge is 0.370 e. The number of hydrogen-bond donors (Lipinski definition) is 0. The van der Waals surface area contributed by atoms with Gasteiger partial charge in [0, 0.05) is 51.7 Å². The van der Waals surface area contributed by atoms with E-state index < -0.39 is 0 Å². The first-order valence-corrected chi connectivity index (χ1v) is 8.35. The van der Waals surface area contributed by atoms with Crippen LogP contribution in [-0.2, 0) is 9.53 Å². The van der Waals surface area contributed by atoms with Gasteiger partial charge in [-0.3, -0.25) is 4.79 Å². The maximum atomic E-state index is 12.9. The molecule has 0 unspecified atom stereocenters. The van der Waals surface area contributed by atoms with Crippen molar-refractivity contribution < 1.29 is 9.53 Å². The van der Waals surface area contributed by atoms with Crippen LogP contribution in [0, 0.1) is 5.92 Å². The highest BCUT2D eigenvalue weighted by atomic mass is 16.5. The summed E-state index contributed by atoms with van der Waals surface area (Å²) in [6.45, 7) is 5.04. The number of aromatic nitrogens is 2. The Hall–Kier alpha value is -1.73. The summed E-state index contributed by atoms with van der Waals surface area (Å²) in [6.07, 6.45) is 4.40. The lowest BCUT2D eigenvalue weighted by molar-refractivity contribution is -0.139. The molecule has 1 aromatic rings. The number of carbonyl (C=O) groups is 1. The fourth-order valence-electron chi connectivity index (χ4n) is 3.80. The van der Waals surface area contributed by atoms with Gasteiger partial charge in [0.15, 0.2) is 0 Å². The van der Waals surface area contributed by atoms with Crippen molar-refractivity contribution in [2.24, 2.45) is 5.92 Å². The van der Waals surface area contributed by atoms with Gasteiger partial charge in [0.25, 0.3) is 0 Å². The molecule has 23 heavy (non-hydrogen) atoms. The van der Waals surface area contributed by atoms with Crippen LogP contribution in [0.3, 0.4) is 0 Å². The molecule has 3 aliphatic rings. The molecule has 0 spiro atoms. The van der Waals surface area contributed by atoms with E-state index in [1.165, 1.54) is 0 Å². The van der Waals surface area contributed by atoms with Crippen LogP contribution >= 0.6 is 0 Å². The molecular weight excluding hydrogens is 294 g/mol. The van der Waals surface area contributed by atoms with Crippen LogP contribution in [0.2, 0.25) is 0 Å². The minimum atomic E-state index is -0.0373. The summed E-state index contributed by atoms with van der Waals surface area (Å²) in [5, 5.41) is 0. The number of morpholine rings is 1. The molecule has 0 N–H and O–H groups in total. The molecule has 0 aromatic carbocycles. The van der Waals surface area contributed by atoms with Crippen LogP contribution in [0.4, 0.5) is 5.95 Å². The molecule has 3 aliphatic heterocycles. The molecule has 0 radical (unpaired) electrons. The van der Waals surface area contributed by atoms with E-state index in [9.17, 15) is 4.79 Å².